The molecular formula is C18H28N2O4S. The molecule has 1 aromatic carbocycles. The summed E-state index contributed by atoms with van der Waals surface area (Å²) in [7, 11) is -3.66. The average Bonchev–Trinajstić information content (AvgIpc) is 2.53. The summed E-state index contributed by atoms with van der Waals surface area (Å²) in [6, 6.07) is 6.22. The second-order valence-electron chi connectivity index (χ2n) is 7.11. The van der Waals surface area contributed by atoms with Crippen LogP contribution >= 0.6 is 0 Å². The molecule has 0 radical (unpaired) electrons. The molecule has 3 atom stereocenters. The highest BCUT2D eigenvalue weighted by Gasteiger charge is 2.32. The van der Waals surface area contributed by atoms with E-state index in [9.17, 15) is 13.2 Å². The lowest BCUT2D eigenvalue weighted by Gasteiger charge is -2.34. The van der Waals surface area contributed by atoms with E-state index >= 15 is 0 Å². The maximum absolute atomic E-state index is 12.9. The molecule has 25 heavy (non-hydrogen) atoms. The summed E-state index contributed by atoms with van der Waals surface area (Å²) in [5.41, 5.74) is 0.350. The molecule has 0 aromatic heterocycles. The number of benzene rings is 1. The summed E-state index contributed by atoms with van der Waals surface area (Å²) < 4.78 is 32.9. The summed E-state index contributed by atoms with van der Waals surface area (Å²) >= 11 is 0. The average molecular weight is 368 g/mol. The van der Waals surface area contributed by atoms with Gasteiger partial charge in [0, 0.05) is 24.7 Å². The Morgan fingerprint density at radius 2 is 1.80 bits per heavy atom. The first-order chi connectivity index (χ1) is 11.6. The Morgan fingerprint density at radius 3 is 2.36 bits per heavy atom. The minimum absolute atomic E-state index is 0.00806. The smallest absolute Gasteiger partial charge is 0.251 e. The molecule has 7 heteroatoms. The number of hydrogen-bond acceptors (Lipinski definition) is 4. The SMILES string of the molecule is CC(C)[C@H](C)NC(=O)c1cccc(S(=O)(=O)N2C[C@H](C)O[C@@H](C)C2)c1. The van der Waals surface area contributed by atoms with Crippen molar-refractivity contribution in [3.8, 4) is 0 Å². The van der Waals surface area contributed by atoms with Crippen LogP contribution in [-0.4, -0.2) is 50.0 Å². The zero-order valence-corrected chi connectivity index (χ0v) is 16.3. The fourth-order valence-electron chi connectivity index (χ4n) is 2.73. The number of nitrogens with one attached hydrogen (secondary N) is 1. The molecule has 0 unspecified atom stereocenters. The molecule has 0 spiro atoms. The van der Waals surface area contributed by atoms with Gasteiger partial charge in [-0.2, -0.15) is 4.31 Å². The van der Waals surface area contributed by atoms with E-state index in [0.29, 0.717) is 24.6 Å². The predicted octanol–water partition coefficient (Wildman–Crippen LogP) is 2.26. The second kappa shape index (κ2) is 7.85. The number of carbonyl (C=O) groups excluding carboxylic acids is 1. The number of rotatable bonds is 5. The van der Waals surface area contributed by atoms with Crippen molar-refractivity contribution in [3.63, 3.8) is 0 Å². The van der Waals surface area contributed by atoms with Crippen molar-refractivity contribution in [1.82, 2.24) is 9.62 Å². The summed E-state index contributed by atoms with van der Waals surface area (Å²) in [5, 5.41) is 2.90. The van der Waals surface area contributed by atoms with Crippen LogP contribution < -0.4 is 5.32 Å². The van der Waals surface area contributed by atoms with E-state index in [1.54, 1.807) is 12.1 Å². The van der Waals surface area contributed by atoms with Crippen LogP contribution in [0.5, 0.6) is 0 Å². The van der Waals surface area contributed by atoms with Gasteiger partial charge in [-0.1, -0.05) is 19.9 Å². The van der Waals surface area contributed by atoms with Gasteiger partial charge in [-0.25, -0.2) is 8.42 Å². The van der Waals surface area contributed by atoms with Crippen LogP contribution in [0.2, 0.25) is 0 Å². The minimum atomic E-state index is -3.66. The van der Waals surface area contributed by atoms with E-state index in [-0.39, 0.29) is 29.1 Å². The fraction of sp³-hybridized carbons (Fsp3) is 0.611. The molecule has 140 valence electrons. The number of ether oxygens (including phenoxy) is 1. The Balaban J connectivity index is 2.23. The van der Waals surface area contributed by atoms with E-state index in [0.717, 1.165) is 0 Å². The van der Waals surface area contributed by atoms with Crippen LogP contribution in [0.1, 0.15) is 45.0 Å². The van der Waals surface area contributed by atoms with Crippen molar-refractivity contribution in [2.24, 2.45) is 5.92 Å². The highest BCUT2D eigenvalue weighted by molar-refractivity contribution is 7.89. The van der Waals surface area contributed by atoms with E-state index in [2.05, 4.69) is 5.32 Å². The van der Waals surface area contributed by atoms with Gasteiger partial charge >= 0.3 is 0 Å². The molecule has 1 heterocycles. The van der Waals surface area contributed by atoms with Gasteiger partial charge in [-0.15, -0.1) is 0 Å². The molecule has 0 bridgehead atoms. The zero-order chi connectivity index (χ0) is 18.8. The molecule has 1 aliphatic heterocycles. The zero-order valence-electron chi connectivity index (χ0n) is 15.5. The molecule has 1 N–H and O–H groups in total. The van der Waals surface area contributed by atoms with Crippen molar-refractivity contribution in [3.05, 3.63) is 29.8 Å². The highest BCUT2D eigenvalue weighted by Crippen LogP contribution is 2.22. The van der Waals surface area contributed by atoms with Crippen molar-refractivity contribution in [1.29, 1.82) is 0 Å². The molecule has 1 saturated heterocycles. The van der Waals surface area contributed by atoms with Gasteiger partial charge in [0.15, 0.2) is 0 Å². The Bertz CT molecular complexity index is 708. The Morgan fingerprint density at radius 1 is 1.20 bits per heavy atom. The Hall–Kier alpha value is -1.44. The summed E-state index contributed by atoms with van der Waals surface area (Å²) in [6.45, 7) is 10.3. The van der Waals surface area contributed by atoms with Gasteiger partial charge in [0.05, 0.1) is 17.1 Å². The monoisotopic (exact) mass is 368 g/mol. The summed E-state index contributed by atoms with van der Waals surface area (Å²) in [5.74, 6) is 0.0363. The first-order valence-corrected chi connectivity index (χ1v) is 10.1. The van der Waals surface area contributed by atoms with Crippen LogP contribution in [0.3, 0.4) is 0 Å². The third kappa shape index (κ3) is 4.80. The number of sulfonamides is 1. The third-order valence-electron chi connectivity index (χ3n) is 4.48. The molecule has 1 amide bonds. The quantitative estimate of drug-likeness (QED) is 0.865. The molecule has 2 rings (SSSR count). The van der Waals surface area contributed by atoms with Crippen LogP contribution in [-0.2, 0) is 14.8 Å². The first-order valence-electron chi connectivity index (χ1n) is 8.67. The standard InChI is InChI=1S/C18H28N2O4S/c1-12(2)15(5)19-18(21)16-7-6-8-17(9-16)25(22,23)20-10-13(3)24-14(4)11-20/h6-9,12-15H,10-11H2,1-5H3,(H,19,21)/t13-,14-,15-/m0/s1. The van der Waals surface area contributed by atoms with Crippen molar-refractivity contribution in [2.75, 3.05) is 13.1 Å². The van der Waals surface area contributed by atoms with E-state index < -0.39 is 10.0 Å². The number of hydrogen-bond donors (Lipinski definition) is 1. The highest BCUT2D eigenvalue weighted by atomic mass is 32.2. The van der Waals surface area contributed by atoms with Gasteiger partial charge in [0.1, 0.15) is 0 Å². The molecule has 0 aliphatic carbocycles. The molecule has 1 aromatic rings. The normalized spacial score (nSPS) is 23.4. The lowest BCUT2D eigenvalue weighted by molar-refractivity contribution is -0.0440. The van der Waals surface area contributed by atoms with Crippen LogP contribution in [0.15, 0.2) is 29.2 Å². The molecule has 1 fully saturated rings. The van der Waals surface area contributed by atoms with Crippen LogP contribution in [0, 0.1) is 5.92 Å². The number of morpholine rings is 1. The summed E-state index contributed by atoms with van der Waals surface area (Å²) in [4.78, 5) is 12.5. The van der Waals surface area contributed by atoms with Crippen molar-refractivity contribution >= 4 is 15.9 Å². The predicted molar refractivity (Wildman–Crippen MR) is 97.0 cm³/mol. The number of nitrogens with zero attached hydrogens (tertiary/aromatic N) is 1. The molecular weight excluding hydrogens is 340 g/mol. The maximum Gasteiger partial charge on any atom is 0.251 e. The molecule has 1 aliphatic rings. The van der Waals surface area contributed by atoms with Crippen molar-refractivity contribution < 1.29 is 17.9 Å². The second-order valence-corrected chi connectivity index (χ2v) is 9.05. The van der Waals surface area contributed by atoms with Gasteiger partial charge in [-0.05, 0) is 44.9 Å². The van der Waals surface area contributed by atoms with E-state index in [4.69, 9.17) is 4.74 Å². The third-order valence-corrected chi connectivity index (χ3v) is 6.31. The molecule has 0 saturated carbocycles. The Labute approximate surface area is 150 Å². The molecule has 6 nitrogen and oxygen atoms in total. The minimum Gasteiger partial charge on any atom is -0.373 e. The van der Waals surface area contributed by atoms with Gasteiger partial charge in [0.2, 0.25) is 10.0 Å². The topological polar surface area (TPSA) is 75.7 Å². The van der Waals surface area contributed by atoms with E-state index in [1.807, 2.05) is 34.6 Å². The number of amides is 1. The van der Waals surface area contributed by atoms with Crippen molar-refractivity contribution in [2.45, 2.75) is 57.8 Å². The first kappa shape index (κ1) is 19.9. The fourth-order valence-corrected chi connectivity index (χ4v) is 4.37. The van der Waals surface area contributed by atoms with Gasteiger partial charge in [-0.3, -0.25) is 4.79 Å². The lowest BCUT2D eigenvalue weighted by atomic mass is 10.1. The largest absolute Gasteiger partial charge is 0.373 e. The maximum atomic E-state index is 12.9. The van der Waals surface area contributed by atoms with Gasteiger partial charge in [0.25, 0.3) is 5.91 Å². The van der Waals surface area contributed by atoms with Crippen LogP contribution in [0.25, 0.3) is 0 Å². The number of carbonyl (C=O) groups is 1. The summed E-state index contributed by atoms with van der Waals surface area (Å²) in [6.07, 6.45) is -0.311. The Kier molecular flexibility index (Phi) is 6.24. The van der Waals surface area contributed by atoms with Crippen LogP contribution in [0.4, 0.5) is 0 Å². The van der Waals surface area contributed by atoms with E-state index in [1.165, 1.54) is 16.4 Å². The van der Waals surface area contributed by atoms with Gasteiger partial charge < -0.3 is 10.1 Å². The lowest BCUT2D eigenvalue weighted by Crippen LogP contribution is -2.48.